The summed E-state index contributed by atoms with van der Waals surface area (Å²) in [4.78, 5) is 0. The normalized spacial score (nSPS) is 13.1. The second kappa shape index (κ2) is 3.37. The van der Waals surface area contributed by atoms with Crippen LogP contribution < -0.4 is 5.73 Å². The van der Waals surface area contributed by atoms with E-state index < -0.39 is 17.7 Å². The molecule has 0 bridgehead atoms. The smallest absolute Gasteiger partial charge is 0.160 e. The SMILES string of the molecule is C[C@H](N)c1cc(F)c(F)cc1Cl. The molecule has 0 fully saturated rings. The van der Waals surface area contributed by atoms with Crippen molar-refractivity contribution in [1.29, 1.82) is 0 Å². The predicted octanol–water partition coefficient (Wildman–Crippen LogP) is 2.64. The summed E-state index contributed by atoms with van der Waals surface area (Å²) in [5.41, 5.74) is 5.87. The van der Waals surface area contributed by atoms with Crippen molar-refractivity contribution in [2.75, 3.05) is 0 Å². The van der Waals surface area contributed by atoms with E-state index in [0.29, 0.717) is 5.56 Å². The van der Waals surface area contributed by atoms with E-state index in [9.17, 15) is 8.78 Å². The van der Waals surface area contributed by atoms with E-state index in [1.165, 1.54) is 0 Å². The Morgan fingerprint density at radius 1 is 1.33 bits per heavy atom. The molecular weight excluding hydrogens is 184 g/mol. The van der Waals surface area contributed by atoms with Gasteiger partial charge in [-0.15, -0.1) is 0 Å². The van der Waals surface area contributed by atoms with Crippen LogP contribution in [0.2, 0.25) is 5.02 Å². The molecule has 0 unspecified atom stereocenters. The fraction of sp³-hybridized carbons (Fsp3) is 0.250. The van der Waals surface area contributed by atoms with Gasteiger partial charge < -0.3 is 5.73 Å². The average molecular weight is 192 g/mol. The highest BCUT2D eigenvalue weighted by molar-refractivity contribution is 6.31. The summed E-state index contributed by atoms with van der Waals surface area (Å²) in [7, 11) is 0. The molecule has 1 atom stereocenters. The fourth-order valence-corrected chi connectivity index (χ4v) is 1.21. The molecule has 0 aliphatic carbocycles. The number of rotatable bonds is 1. The molecule has 0 aliphatic heterocycles. The maximum absolute atomic E-state index is 12.6. The maximum atomic E-state index is 12.6. The fourth-order valence-electron chi connectivity index (χ4n) is 0.887. The Bertz CT molecular complexity index is 299. The first kappa shape index (κ1) is 9.42. The Labute approximate surface area is 74.1 Å². The molecule has 0 aliphatic rings. The minimum absolute atomic E-state index is 0.156. The standard InChI is InChI=1S/C8H8ClF2N/c1-4(12)5-2-7(10)8(11)3-6(5)9/h2-4H,12H2,1H3/t4-/m0/s1. The zero-order chi connectivity index (χ0) is 9.30. The van der Waals surface area contributed by atoms with Crippen molar-refractivity contribution in [1.82, 2.24) is 0 Å². The molecule has 0 aromatic heterocycles. The highest BCUT2D eigenvalue weighted by Gasteiger charge is 2.10. The van der Waals surface area contributed by atoms with Crippen molar-refractivity contribution < 1.29 is 8.78 Å². The lowest BCUT2D eigenvalue weighted by Crippen LogP contribution is -2.06. The zero-order valence-corrected chi connectivity index (χ0v) is 7.20. The van der Waals surface area contributed by atoms with Crippen LogP contribution in [0, 0.1) is 11.6 Å². The molecule has 0 spiro atoms. The highest BCUT2D eigenvalue weighted by atomic mass is 35.5. The van der Waals surface area contributed by atoms with Gasteiger partial charge in [0.05, 0.1) is 0 Å². The van der Waals surface area contributed by atoms with E-state index in [4.69, 9.17) is 17.3 Å². The van der Waals surface area contributed by atoms with Gasteiger partial charge in [0, 0.05) is 11.1 Å². The van der Waals surface area contributed by atoms with Gasteiger partial charge in [0.25, 0.3) is 0 Å². The average Bonchev–Trinajstić information content (AvgIpc) is 1.96. The first-order chi connectivity index (χ1) is 5.52. The van der Waals surface area contributed by atoms with Crippen molar-refractivity contribution in [3.8, 4) is 0 Å². The molecule has 0 amide bonds. The van der Waals surface area contributed by atoms with Crippen LogP contribution in [0.5, 0.6) is 0 Å². The molecule has 1 nitrogen and oxygen atoms in total. The van der Waals surface area contributed by atoms with Gasteiger partial charge in [-0.3, -0.25) is 0 Å². The summed E-state index contributed by atoms with van der Waals surface area (Å²) in [5, 5.41) is 0.156. The molecule has 66 valence electrons. The Morgan fingerprint density at radius 2 is 1.83 bits per heavy atom. The molecule has 0 saturated heterocycles. The minimum Gasteiger partial charge on any atom is -0.324 e. The van der Waals surface area contributed by atoms with Gasteiger partial charge in [-0.1, -0.05) is 11.6 Å². The van der Waals surface area contributed by atoms with Crippen LogP contribution in [0.25, 0.3) is 0 Å². The third kappa shape index (κ3) is 1.73. The van der Waals surface area contributed by atoms with Gasteiger partial charge in [-0.05, 0) is 24.6 Å². The molecule has 2 N–H and O–H groups in total. The molecule has 1 rings (SSSR count). The van der Waals surface area contributed by atoms with E-state index in [2.05, 4.69) is 0 Å². The lowest BCUT2D eigenvalue weighted by Gasteiger charge is -2.07. The summed E-state index contributed by atoms with van der Waals surface area (Å²) < 4.78 is 25.2. The first-order valence-electron chi connectivity index (χ1n) is 3.42. The van der Waals surface area contributed by atoms with Crippen LogP contribution in [0.3, 0.4) is 0 Å². The van der Waals surface area contributed by atoms with Crippen molar-refractivity contribution in [2.24, 2.45) is 5.73 Å². The minimum atomic E-state index is -0.954. The Morgan fingerprint density at radius 3 is 2.33 bits per heavy atom. The van der Waals surface area contributed by atoms with Gasteiger partial charge in [-0.2, -0.15) is 0 Å². The molecule has 1 aromatic rings. The summed E-state index contributed by atoms with van der Waals surface area (Å²) in [6.07, 6.45) is 0. The number of benzene rings is 1. The summed E-state index contributed by atoms with van der Waals surface area (Å²) in [6.45, 7) is 1.65. The highest BCUT2D eigenvalue weighted by Crippen LogP contribution is 2.23. The van der Waals surface area contributed by atoms with E-state index >= 15 is 0 Å². The lowest BCUT2D eigenvalue weighted by atomic mass is 10.1. The van der Waals surface area contributed by atoms with Crippen molar-refractivity contribution in [3.63, 3.8) is 0 Å². The molecule has 4 heteroatoms. The molecule has 12 heavy (non-hydrogen) atoms. The predicted molar refractivity (Wildman–Crippen MR) is 44.0 cm³/mol. The van der Waals surface area contributed by atoms with Gasteiger partial charge >= 0.3 is 0 Å². The third-order valence-corrected chi connectivity index (χ3v) is 1.86. The second-order valence-electron chi connectivity index (χ2n) is 2.58. The number of nitrogens with two attached hydrogens (primary N) is 1. The largest absolute Gasteiger partial charge is 0.324 e. The van der Waals surface area contributed by atoms with Crippen molar-refractivity contribution in [3.05, 3.63) is 34.4 Å². The van der Waals surface area contributed by atoms with Crippen LogP contribution >= 0.6 is 11.6 Å². The monoisotopic (exact) mass is 191 g/mol. The van der Waals surface area contributed by atoms with Crippen LogP contribution in [0.15, 0.2) is 12.1 Å². The Balaban J connectivity index is 3.23. The van der Waals surface area contributed by atoms with Gasteiger partial charge in [0.1, 0.15) is 0 Å². The van der Waals surface area contributed by atoms with E-state index in [0.717, 1.165) is 12.1 Å². The van der Waals surface area contributed by atoms with E-state index in [-0.39, 0.29) is 5.02 Å². The Hall–Kier alpha value is -0.670. The van der Waals surface area contributed by atoms with Crippen LogP contribution in [-0.2, 0) is 0 Å². The molecular formula is C8H8ClF2N. The van der Waals surface area contributed by atoms with Crippen LogP contribution in [0.1, 0.15) is 18.5 Å². The quantitative estimate of drug-likeness (QED) is 0.679. The number of hydrogen-bond acceptors (Lipinski definition) is 1. The Kier molecular flexibility index (Phi) is 2.65. The van der Waals surface area contributed by atoms with Gasteiger partial charge in [0.2, 0.25) is 0 Å². The molecule has 1 aromatic carbocycles. The van der Waals surface area contributed by atoms with Crippen molar-refractivity contribution in [2.45, 2.75) is 13.0 Å². The number of halogens is 3. The first-order valence-corrected chi connectivity index (χ1v) is 3.80. The van der Waals surface area contributed by atoms with Crippen LogP contribution in [-0.4, -0.2) is 0 Å². The maximum Gasteiger partial charge on any atom is 0.160 e. The molecule has 0 heterocycles. The van der Waals surface area contributed by atoms with Gasteiger partial charge in [0.15, 0.2) is 11.6 Å². The lowest BCUT2D eigenvalue weighted by molar-refractivity contribution is 0.506. The zero-order valence-electron chi connectivity index (χ0n) is 6.44. The molecule has 0 saturated carbocycles. The second-order valence-corrected chi connectivity index (χ2v) is 2.98. The van der Waals surface area contributed by atoms with E-state index in [1.54, 1.807) is 6.92 Å². The third-order valence-electron chi connectivity index (χ3n) is 1.53. The van der Waals surface area contributed by atoms with Crippen LogP contribution in [0.4, 0.5) is 8.78 Å². The number of hydrogen-bond donors (Lipinski definition) is 1. The summed E-state index contributed by atoms with van der Waals surface area (Å²) >= 11 is 5.61. The van der Waals surface area contributed by atoms with Gasteiger partial charge in [-0.25, -0.2) is 8.78 Å². The summed E-state index contributed by atoms with van der Waals surface area (Å²) in [5.74, 6) is -1.88. The summed E-state index contributed by atoms with van der Waals surface area (Å²) in [6, 6.07) is 1.55. The molecule has 0 radical (unpaired) electrons. The van der Waals surface area contributed by atoms with E-state index in [1.807, 2.05) is 0 Å². The topological polar surface area (TPSA) is 26.0 Å². The van der Waals surface area contributed by atoms with Crippen molar-refractivity contribution >= 4 is 11.6 Å².